The van der Waals surface area contributed by atoms with Crippen molar-refractivity contribution in [2.45, 2.75) is 13.5 Å². The van der Waals surface area contributed by atoms with Gasteiger partial charge in [-0.3, -0.25) is 0 Å². The summed E-state index contributed by atoms with van der Waals surface area (Å²) in [5, 5.41) is 16.9. The molecular formula is C9H14N2O3. The normalized spacial score (nSPS) is 8.64. The van der Waals surface area contributed by atoms with Gasteiger partial charge in [0, 0.05) is 6.54 Å². The molecule has 0 spiro atoms. The molecular weight excluding hydrogens is 184 g/mol. The third kappa shape index (κ3) is 8.48. The Labute approximate surface area is 82.5 Å². The van der Waals surface area contributed by atoms with Crippen molar-refractivity contribution < 1.29 is 10.3 Å². The highest BCUT2D eigenvalue weighted by molar-refractivity contribution is 5.14. The van der Waals surface area contributed by atoms with Gasteiger partial charge >= 0.3 is 0 Å². The first-order valence-electron chi connectivity index (χ1n) is 4.24. The summed E-state index contributed by atoms with van der Waals surface area (Å²) in [4.78, 5) is 8.36. The molecule has 0 saturated heterocycles. The van der Waals surface area contributed by atoms with Crippen molar-refractivity contribution >= 4 is 0 Å². The van der Waals surface area contributed by atoms with E-state index >= 15 is 0 Å². The molecule has 14 heavy (non-hydrogen) atoms. The van der Waals surface area contributed by atoms with Crippen molar-refractivity contribution in [3.05, 3.63) is 46.0 Å². The van der Waals surface area contributed by atoms with E-state index in [2.05, 4.69) is 36.5 Å². The summed E-state index contributed by atoms with van der Waals surface area (Å²) in [6.07, 6.45) is 0. The number of benzene rings is 1. The lowest BCUT2D eigenvalue weighted by atomic mass is 10.2. The van der Waals surface area contributed by atoms with Crippen LogP contribution >= 0.6 is 0 Å². The van der Waals surface area contributed by atoms with Gasteiger partial charge < -0.3 is 10.5 Å². The summed E-state index contributed by atoms with van der Waals surface area (Å²) in [5.41, 5.74) is 1.35. The highest BCUT2D eigenvalue weighted by atomic mass is 16.9. The fourth-order valence-corrected chi connectivity index (χ4v) is 0.865. The van der Waals surface area contributed by atoms with Crippen LogP contribution in [0, 0.1) is 10.1 Å². The van der Waals surface area contributed by atoms with E-state index in [1.165, 1.54) is 5.56 Å². The van der Waals surface area contributed by atoms with Gasteiger partial charge in [0.25, 0.3) is 5.09 Å². The van der Waals surface area contributed by atoms with E-state index in [9.17, 15) is 0 Å². The zero-order valence-electron chi connectivity index (χ0n) is 8.01. The Morgan fingerprint density at radius 3 is 2.36 bits per heavy atom. The minimum atomic E-state index is -1.50. The molecule has 0 aliphatic heterocycles. The Kier molecular flexibility index (Phi) is 7.07. The van der Waals surface area contributed by atoms with E-state index in [4.69, 9.17) is 15.3 Å². The van der Waals surface area contributed by atoms with Crippen molar-refractivity contribution in [3.8, 4) is 0 Å². The second kappa shape index (κ2) is 8.00. The van der Waals surface area contributed by atoms with Crippen LogP contribution in [-0.4, -0.2) is 16.8 Å². The predicted octanol–water partition coefficient (Wildman–Crippen LogP) is 1.45. The molecule has 0 heterocycles. The molecule has 0 aliphatic carbocycles. The van der Waals surface area contributed by atoms with E-state index in [0.717, 1.165) is 13.1 Å². The molecule has 1 aromatic carbocycles. The third-order valence-corrected chi connectivity index (χ3v) is 1.42. The number of nitrogens with zero attached hydrogens (tertiary/aromatic N) is 1. The van der Waals surface area contributed by atoms with Crippen LogP contribution in [0.2, 0.25) is 0 Å². The predicted molar refractivity (Wildman–Crippen MR) is 52.6 cm³/mol. The fourth-order valence-electron chi connectivity index (χ4n) is 0.865. The Hall–Kier alpha value is -1.62. The molecule has 0 bridgehead atoms. The van der Waals surface area contributed by atoms with E-state index < -0.39 is 5.09 Å². The molecule has 0 aliphatic rings. The average molecular weight is 198 g/mol. The van der Waals surface area contributed by atoms with Gasteiger partial charge in [0.05, 0.1) is 0 Å². The molecule has 0 saturated carbocycles. The van der Waals surface area contributed by atoms with Gasteiger partial charge in [-0.25, -0.2) is 0 Å². The van der Waals surface area contributed by atoms with Crippen molar-refractivity contribution in [3.63, 3.8) is 0 Å². The zero-order chi connectivity index (χ0) is 10.8. The standard InChI is InChI=1S/C9H13N.HNO3/c1-2-10-8-9-6-4-3-5-7-9;2-1(3)4/h3-7,10H,2,8H2,1H3;(H,2,3,4). The van der Waals surface area contributed by atoms with E-state index in [-0.39, 0.29) is 0 Å². The maximum atomic E-state index is 8.36. The monoisotopic (exact) mass is 198 g/mol. The highest BCUT2D eigenvalue weighted by Gasteiger charge is 1.85. The Balaban J connectivity index is 0.000000364. The zero-order valence-corrected chi connectivity index (χ0v) is 8.01. The van der Waals surface area contributed by atoms with Crippen LogP contribution in [0.4, 0.5) is 0 Å². The third-order valence-electron chi connectivity index (χ3n) is 1.42. The van der Waals surface area contributed by atoms with Crippen LogP contribution in [0.25, 0.3) is 0 Å². The van der Waals surface area contributed by atoms with Crippen LogP contribution in [0.1, 0.15) is 12.5 Å². The molecule has 0 amide bonds. The van der Waals surface area contributed by atoms with Gasteiger partial charge in [-0.05, 0) is 12.1 Å². The molecule has 0 unspecified atom stereocenters. The summed E-state index contributed by atoms with van der Waals surface area (Å²) in [6.45, 7) is 4.13. The average Bonchev–Trinajstić information content (AvgIpc) is 2.15. The molecule has 5 heteroatoms. The molecule has 2 N–H and O–H groups in total. The summed E-state index contributed by atoms with van der Waals surface area (Å²) < 4.78 is 0. The molecule has 5 nitrogen and oxygen atoms in total. The van der Waals surface area contributed by atoms with Crippen molar-refractivity contribution in [2.24, 2.45) is 0 Å². The second-order valence-corrected chi connectivity index (χ2v) is 2.50. The Morgan fingerprint density at radius 2 is 1.93 bits per heavy atom. The van der Waals surface area contributed by atoms with Gasteiger partial charge in [-0.15, -0.1) is 10.1 Å². The lowest BCUT2D eigenvalue weighted by Gasteiger charge is -1.99. The molecule has 78 valence electrons. The van der Waals surface area contributed by atoms with Gasteiger partial charge in [0.15, 0.2) is 0 Å². The maximum Gasteiger partial charge on any atom is 0.291 e. The smallest absolute Gasteiger partial charge is 0.291 e. The Bertz CT molecular complexity index is 247. The molecule has 0 aromatic heterocycles. The van der Waals surface area contributed by atoms with Gasteiger partial charge in [-0.1, -0.05) is 37.3 Å². The first kappa shape index (κ1) is 12.4. The van der Waals surface area contributed by atoms with Crippen LogP contribution in [0.5, 0.6) is 0 Å². The lowest BCUT2D eigenvalue weighted by Crippen LogP contribution is -2.11. The summed E-state index contributed by atoms with van der Waals surface area (Å²) in [5.74, 6) is 0. The highest BCUT2D eigenvalue weighted by Crippen LogP contribution is 1.96. The molecule has 0 radical (unpaired) electrons. The number of hydrogen-bond donors (Lipinski definition) is 2. The molecule has 0 fully saturated rings. The van der Waals surface area contributed by atoms with Gasteiger partial charge in [0.1, 0.15) is 0 Å². The minimum Gasteiger partial charge on any atom is -0.328 e. The maximum absolute atomic E-state index is 8.36. The molecule has 1 aromatic rings. The van der Waals surface area contributed by atoms with Gasteiger partial charge in [-0.2, -0.15) is 0 Å². The van der Waals surface area contributed by atoms with Crippen molar-refractivity contribution in [1.82, 2.24) is 5.32 Å². The Morgan fingerprint density at radius 1 is 1.43 bits per heavy atom. The largest absolute Gasteiger partial charge is 0.328 e. The summed E-state index contributed by atoms with van der Waals surface area (Å²) in [6, 6.07) is 10.4. The summed E-state index contributed by atoms with van der Waals surface area (Å²) in [7, 11) is 0. The van der Waals surface area contributed by atoms with Crippen LogP contribution < -0.4 is 5.32 Å². The SMILES string of the molecule is CCNCc1ccccc1.O=[N+]([O-])O. The van der Waals surface area contributed by atoms with Gasteiger partial charge in [0.2, 0.25) is 0 Å². The van der Waals surface area contributed by atoms with Crippen LogP contribution in [0.3, 0.4) is 0 Å². The molecule has 1 rings (SSSR count). The van der Waals surface area contributed by atoms with Crippen molar-refractivity contribution in [2.75, 3.05) is 6.54 Å². The van der Waals surface area contributed by atoms with Crippen molar-refractivity contribution in [1.29, 1.82) is 0 Å². The number of hydrogen-bond acceptors (Lipinski definition) is 3. The summed E-state index contributed by atoms with van der Waals surface area (Å²) >= 11 is 0. The van der Waals surface area contributed by atoms with E-state index in [1.54, 1.807) is 0 Å². The number of nitrogens with one attached hydrogen (secondary N) is 1. The first-order chi connectivity index (χ1) is 6.66. The van der Waals surface area contributed by atoms with Crippen LogP contribution in [-0.2, 0) is 6.54 Å². The topological polar surface area (TPSA) is 75.4 Å². The first-order valence-corrected chi connectivity index (χ1v) is 4.24. The van der Waals surface area contributed by atoms with Crippen LogP contribution in [0.15, 0.2) is 30.3 Å². The quantitative estimate of drug-likeness (QED) is 0.569. The van der Waals surface area contributed by atoms with E-state index in [1.807, 2.05) is 6.07 Å². The van der Waals surface area contributed by atoms with E-state index in [0.29, 0.717) is 0 Å². The lowest BCUT2D eigenvalue weighted by molar-refractivity contribution is -0.742. The fraction of sp³-hybridized carbons (Fsp3) is 0.333. The molecule has 0 atom stereocenters. The minimum absolute atomic E-state index is 0.983. The number of rotatable bonds is 3. The second-order valence-electron chi connectivity index (χ2n) is 2.50.